The highest BCUT2D eigenvalue weighted by Gasteiger charge is 2.23. The second-order valence-corrected chi connectivity index (χ2v) is 15.2. The number of hydrogen-bond donors (Lipinski definition) is 0. The van der Waals surface area contributed by atoms with Gasteiger partial charge in [-0.2, -0.15) is 0 Å². The lowest BCUT2D eigenvalue weighted by molar-refractivity contribution is 0.662. The van der Waals surface area contributed by atoms with Crippen LogP contribution in [-0.4, -0.2) is 4.57 Å². The Morgan fingerprint density at radius 2 is 0.810 bits per heavy atom. The average Bonchev–Trinajstić information content (AvgIpc) is 4.05. The Labute approximate surface area is 331 Å². The number of hydrogen-bond acceptors (Lipinski definition) is 3. The number of rotatable bonds is 4. The molecule has 0 N–H and O–H groups in total. The first-order valence-electron chi connectivity index (χ1n) is 19.7. The first kappa shape index (κ1) is 31.4. The summed E-state index contributed by atoms with van der Waals surface area (Å²) in [5.41, 5.74) is 15.2. The van der Waals surface area contributed by atoms with Crippen LogP contribution in [0.3, 0.4) is 0 Å². The fourth-order valence-corrected chi connectivity index (χ4v) is 9.36. The Kier molecular flexibility index (Phi) is 6.41. The lowest BCUT2D eigenvalue weighted by atomic mass is 9.99. The van der Waals surface area contributed by atoms with Crippen LogP contribution in [0.15, 0.2) is 201 Å². The zero-order valence-corrected chi connectivity index (χ0v) is 31.1. The molecule has 0 amide bonds. The Morgan fingerprint density at radius 3 is 1.50 bits per heavy atom. The van der Waals surface area contributed by atoms with Crippen LogP contribution in [0.2, 0.25) is 0 Å². The Balaban J connectivity index is 1.04. The van der Waals surface area contributed by atoms with Gasteiger partial charge in [-0.15, -0.1) is 0 Å². The monoisotopic (exact) mass is 741 g/mol. The molecule has 9 aromatic carbocycles. The van der Waals surface area contributed by atoms with Gasteiger partial charge in [0.25, 0.3) is 0 Å². The predicted octanol–water partition coefficient (Wildman–Crippen LogP) is 15.5. The summed E-state index contributed by atoms with van der Waals surface area (Å²) in [5, 5.41) is 8.81. The van der Waals surface area contributed by atoms with Gasteiger partial charge < -0.3 is 17.8 Å². The SMILES string of the molecule is c1ccc(-c2ccc3c(c2)c2cc(-c4ccccc4)ccc2n3-c2cccc3c2oc2ccc4oc5c(-c6ccc7oc8ccccc8c7c6)cccc5c4c23)cc1. The van der Waals surface area contributed by atoms with Crippen molar-refractivity contribution in [1.29, 1.82) is 0 Å². The van der Waals surface area contributed by atoms with E-state index in [2.05, 4.69) is 174 Å². The largest absolute Gasteiger partial charge is 0.456 e. The van der Waals surface area contributed by atoms with E-state index in [1.165, 1.54) is 33.0 Å². The number of benzene rings is 9. The zero-order chi connectivity index (χ0) is 37.9. The van der Waals surface area contributed by atoms with E-state index in [0.717, 1.165) is 93.7 Å². The topological polar surface area (TPSA) is 44.4 Å². The van der Waals surface area contributed by atoms with Crippen LogP contribution in [0.25, 0.3) is 127 Å². The molecule has 0 aliphatic carbocycles. The van der Waals surface area contributed by atoms with Crippen LogP contribution in [-0.2, 0) is 0 Å². The van der Waals surface area contributed by atoms with Gasteiger partial charge in [-0.1, -0.05) is 127 Å². The van der Waals surface area contributed by atoms with Gasteiger partial charge in [-0.3, -0.25) is 0 Å². The summed E-state index contributed by atoms with van der Waals surface area (Å²) in [6.07, 6.45) is 0. The summed E-state index contributed by atoms with van der Waals surface area (Å²) in [5.74, 6) is 0. The Hall–Kier alpha value is -7.82. The van der Waals surface area contributed by atoms with Gasteiger partial charge in [0, 0.05) is 48.7 Å². The molecule has 0 saturated carbocycles. The van der Waals surface area contributed by atoms with Gasteiger partial charge in [0.2, 0.25) is 0 Å². The van der Waals surface area contributed by atoms with Crippen molar-refractivity contribution >= 4 is 87.6 Å². The summed E-state index contributed by atoms with van der Waals surface area (Å²) < 4.78 is 22.3. The third-order valence-electron chi connectivity index (χ3n) is 12.0. The fourth-order valence-electron chi connectivity index (χ4n) is 9.36. The fraction of sp³-hybridized carbons (Fsp3) is 0. The molecule has 4 heteroatoms. The van der Waals surface area contributed by atoms with Gasteiger partial charge in [-0.05, 0) is 88.5 Å². The van der Waals surface area contributed by atoms with E-state index in [0.29, 0.717) is 0 Å². The van der Waals surface area contributed by atoms with E-state index in [9.17, 15) is 0 Å². The molecule has 270 valence electrons. The molecule has 13 rings (SSSR count). The van der Waals surface area contributed by atoms with Crippen molar-refractivity contribution in [2.75, 3.05) is 0 Å². The molecule has 0 atom stereocenters. The first-order chi connectivity index (χ1) is 28.7. The van der Waals surface area contributed by atoms with Crippen molar-refractivity contribution < 1.29 is 13.3 Å². The number of para-hydroxylation sites is 3. The second-order valence-electron chi connectivity index (χ2n) is 15.2. The molecule has 0 aliphatic heterocycles. The summed E-state index contributed by atoms with van der Waals surface area (Å²) >= 11 is 0. The quantitative estimate of drug-likeness (QED) is 0.180. The molecule has 58 heavy (non-hydrogen) atoms. The van der Waals surface area contributed by atoms with Crippen molar-refractivity contribution in [2.24, 2.45) is 0 Å². The summed E-state index contributed by atoms with van der Waals surface area (Å²) in [6.45, 7) is 0. The standard InChI is InChI=1S/C54H31NO3/c1-3-11-32(12-4-1)34-21-24-44-41(29-34)42-30-35(33-13-5-2-6-14-33)22-25-45(42)55(44)46-19-10-18-40-52-50(58-54(40)46)28-27-49-51(52)39-17-9-16-37(53(39)57-49)36-23-26-48-43(31-36)38-15-7-8-20-47(38)56-48/h1-31H. The highest BCUT2D eigenvalue weighted by Crippen LogP contribution is 2.46. The molecule has 13 aromatic rings. The van der Waals surface area contributed by atoms with Crippen molar-refractivity contribution in [3.63, 3.8) is 0 Å². The third-order valence-corrected chi connectivity index (χ3v) is 12.0. The second kappa shape index (κ2) is 11.8. The van der Waals surface area contributed by atoms with E-state index >= 15 is 0 Å². The molecule has 0 saturated heterocycles. The van der Waals surface area contributed by atoms with E-state index in [-0.39, 0.29) is 0 Å². The van der Waals surface area contributed by atoms with E-state index in [4.69, 9.17) is 13.3 Å². The molecule has 0 spiro atoms. The molecule has 0 aliphatic rings. The van der Waals surface area contributed by atoms with E-state index in [1.54, 1.807) is 0 Å². The Morgan fingerprint density at radius 1 is 0.293 bits per heavy atom. The van der Waals surface area contributed by atoms with Crippen LogP contribution >= 0.6 is 0 Å². The minimum atomic E-state index is 0.827. The van der Waals surface area contributed by atoms with Gasteiger partial charge in [0.05, 0.1) is 16.7 Å². The van der Waals surface area contributed by atoms with Crippen LogP contribution in [0.5, 0.6) is 0 Å². The van der Waals surface area contributed by atoms with Crippen LogP contribution < -0.4 is 0 Å². The number of aromatic nitrogens is 1. The maximum Gasteiger partial charge on any atom is 0.159 e. The number of nitrogens with zero attached hydrogens (tertiary/aromatic N) is 1. The minimum absolute atomic E-state index is 0.827. The van der Waals surface area contributed by atoms with Crippen LogP contribution in [0.4, 0.5) is 0 Å². The smallest absolute Gasteiger partial charge is 0.159 e. The van der Waals surface area contributed by atoms with Gasteiger partial charge in [0.15, 0.2) is 5.58 Å². The van der Waals surface area contributed by atoms with Gasteiger partial charge in [0.1, 0.15) is 27.9 Å². The van der Waals surface area contributed by atoms with Crippen molar-refractivity contribution in [3.05, 3.63) is 188 Å². The van der Waals surface area contributed by atoms with Crippen molar-refractivity contribution in [2.45, 2.75) is 0 Å². The lowest BCUT2D eigenvalue weighted by Crippen LogP contribution is -1.94. The molecule has 4 nitrogen and oxygen atoms in total. The summed E-state index contributed by atoms with van der Waals surface area (Å²) in [4.78, 5) is 0. The lowest BCUT2D eigenvalue weighted by Gasteiger charge is -2.09. The molecular formula is C54H31NO3. The molecule has 4 aromatic heterocycles. The normalized spacial score (nSPS) is 12.1. The maximum atomic E-state index is 6.94. The predicted molar refractivity (Wildman–Crippen MR) is 239 cm³/mol. The van der Waals surface area contributed by atoms with Crippen molar-refractivity contribution in [3.8, 4) is 39.1 Å². The Bertz CT molecular complexity index is 3690. The molecule has 4 heterocycles. The van der Waals surface area contributed by atoms with Crippen LogP contribution in [0, 0.1) is 0 Å². The average molecular weight is 742 g/mol. The zero-order valence-electron chi connectivity index (χ0n) is 31.1. The highest BCUT2D eigenvalue weighted by atomic mass is 16.3. The molecule has 0 fully saturated rings. The van der Waals surface area contributed by atoms with Crippen LogP contribution in [0.1, 0.15) is 0 Å². The molecular weight excluding hydrogens is 711 g/mol. The van der Waals surface area contributed by atoms with Gasteiger partial charge >= 0.3 is 0 Å². The molecule has 0 unspecified atom stereocenters. The minimum Gasteiger partial charge on any atom is -0.456 e. The van der Waals surface area contributed by atoms with Gasteiger partial charge in [-0.25, -0.2) is 0 Å². The van der Waals surface area contributed by atoms with E-state index < -0.39 is 0 Å². The molecule has 0 radical (unpaired) electrons. The summed E-state index contributed by atoms with van der Waals surface area (Å²) in [6, 6.07) is 66.5. The van der Waals surface area contributed by atoms with Crippen molar-refractivity contribution in [1.82, 2.24) is 4.57 Å². The first-order valence-corrected chi connectivity index (χ1v) is 19.7. The third kappa shape index (κ3) is 4.45. The van der Waals surface area contributed by atoms with E-state index in [1.807, 2.05) is 18.2 Å². The molecule has 0 bridgehead atoms. The summed E-state index contributed by atoms with van der Waals surface area (Å²) in [7, 11) is 0. The highest BCUT2D eigenvalue weighted by molar-refractivity contribution is 6.28. The number of furan rings is 3. The number of fused-ring (bicyclic) bond motifs is 13. The maximum absolute atomic E-state index is 6.94.